The molecular weight excluding hydrogens is 214 g/mol. The zero-order valence-electron chi connectivity index (χ0n) is 9.00. The Kier molecular flexibility index (Phi) is 4.37. The molecule has 2 saturated heterocycles. The molecule has 0 aromatic heterocycles. The van der Waals surface area contributed by atoms with E-state index >= 15 is 0 Å². The minimum atomic E-state index is 0. The molecule has 4 nitrogen and oxygen atoms in total. The van der Waals surface area contributed by atoms with Gasteiger partial charge in [0.2, 0.25) is 5.91 Å². The SMILES string of the molecule is Cl.NCC(=O)N1CCCC2(CCNC2)C1. The topological polar surface area (TPSA) is 58.4 Å². The average Bonchev–Trinajstić information content (AvgIpc) is 2.65. The second-order valence-electron chi connectivity index (χ2n) is 4.55. The third-order valence-corrected chi connectivity index (χ3v) is 3.52. The minimum Gasteiger partial charge on any atom is -0.341 e. The molecule has 2 aliphatic rings. The molecule has 0 aromatic rings. The van der Waals surface area contributed by atoms with Crippen molar-refractivity contribution in [3.05, 3.63) is 0 Å². The van der Waals surface area contributed by atoms with Crippen molar-refractivity contribution in [2.45, 2.75) is 19.3 Å². The van der Waals surface area contributed by atoms with Crippen molar-refractivity contribution in [1.82, 2.24) is 10.2 Å². The maximum atomic E-state index is 11.5. The summed E-state index contributed by atoms with van der Waals surface area (Å²) >= 11 is 0. The van der Waals surface area contributed by atoms with E-state index < -0.39 is 0 Å². The Bertz CT molecular complexity index is 229. The number of likely N-dealkylation sites (tertiary alicyclic amines) is 1. The molecule has 88 valence electrons. The summed E-state index contributed by atoms with van der Waals surface area (Å²) in [6.07, 6.45) is 3.60. The Labute approximate surface area is 97.0 Å². The predicted molar refractivity (Wildman–Crippen MR) is 62.0 cm³/mol. The molecule has 15 heavy (non-hydrogen) atoms. The van der Waals surface area contributed by atoms with E-state index in [0.717, 1.165) is 32.6 Å². The monoisotopic (exact) mass is 233 g/mol. The highest BCUT2D eigenvalue weighted by molar-refractivity contribution is 5.85. The van der Waals surface area contributed by atoms with Gasteiger partial charge in [-0.3, -0.25) is 4.79 Å². The number of amides is 1. The van der Waals surface area contributed by atoms with E-state index in [9.17, 15) is 4.79 Å². The van der Waals surface area contributed by atoms with Gasteiger partial charge in [-0.05, 0) is 25.8 Å². The molecule has 1 atom stereocenters. The van der Waals surface area contributed by atoms with Crippen molar-refractivity contribution in [3.8, 4) is 0 Å². The average molecular weight is 234 g/mol. The Morgan fingerprint density at radius 2 is 2.27 bits per heavy atom. The lowest BCUT2D eigenvalue weighted by Crippen LogP contribution is -2.48. The molecule has 1 spiro atoms. The van der Waals surface area contributed by atoms with Crippen molar-refractivity contribution in [3.63, 3.8) is 0 Å². The predicted octanol–water partition coefficient (Wildman–Crippen LogP) is -0.0310. The van der Waals surface area contributed by atoms with Crippen LogP contribution in [0.25, 0.3) is 0 Å². The second kappa shape index (κ2) is 5.14. The van der Waals surface area contributed by atoms with Crippen LogP contribution in [0.15, 0.2) is 0 Å². The van der Waals surface area contributed by atoms with Gasteiger partial charge in [-0.1, -0.05) is 0 Å². The van der Waals surface area contributed by atoms with Crippen LogP contribution < -0.4 is 11.1 Å². The standard InChI is InChI=1S/C10H19N3O.ClH/c11-6-9(14)13-5-1-2-10(8-13)3-4-12-7-10;/h12H,1-8,11H2;1H. The van der Waals surface area contributed by atoms with Crippen molar-refractivity contribution in [1.29, 1.82) is 0 Å². The number of halogens is 1. The van der Waals surface area contributed by atoms with Crippen molar-refractivity contribution >= 4 is 18.3 Å². The molecule has 0 aromatic carbocycles. The van der Waals surface area contributed by atoms with Gasteiger partial charge in [0, 0.05) is 25.0 Å². The van der Waals surface area contributed by atoms with E-state index in [1.54, 1.807) is 0 Å². The summed E-state index contributed by atoms with van der Waals surface area (Å²) < 4.78 is 0. The quantitative estimate of drug-likeness (QED) is 0.669. The zero-order valence-corrected chi connectivity index (χ0v) is 9.81. The number of nitrogens with one attached hydrogen (secondary N) is 1. The molecule has 1 unspecified atom stereocenters. The number of nitrogens with two attached hydrogens (primary N) is 1. The summed E-state index contributed by atoms with van der Waals surface area (Å²) in [5, 5.41) is 3.39. The van der Waals surface area contributed by atoms with Crippen LogP contribution >= 0.6 is 12.4 Å². The van der Waals surface area contributed by atoms with Crippen molar-refractivity contribution < 1.29 is 4.79 Å². The molecule has 2 heterocycles. The van der Waals surface area contributed by atoms with Crippen LogP contribution in [0.4, 0.5) is 0 Å². The van der Waals surface area contributed by atoms with E-state index in [2.05, 4.69) is 5.32 Å². The third-order valence-electron chi connectivity index (χ3n) is 3.52. The van der Waals surface area contributed by atoms with E-state index in [1.165, 1.54) is 12.8 Å². The van der Waals surface area contributed by atoms with Gasteiger partial charge in [-0.25, -0.2) is 0 Å². The first-order valence-electron chi connectivity index (χ1n) is 5.44. The number of hydrogen-bond donors (Lipinski definition) is 2. The Balaban J connectivity index is 0.00000112. The lowest BCUT2D eigenvalue weighted by molar-refractivity contribution is -0.132. The highest BCUT2D eigenvalue weighted by atomic mass is 35.5. The normalized spacial score (nSPS) is 30.3. The summed E-state index contributed by atoms with van der Waals surface area (Å²) in [6, 6.07) is 0. The first-order valence-corrected chi connectivity index (χ1v) is 5.44. The van der Waals surface area contributed by atoms with Gasteiger partial charge < -0.3 is 16.0 Å². The first kappa shape index (κ1) is 12.7. The van der Waals surface area contributed by atoms with Crippen LogP contribution in [0.2, 0.25) is 0 Å². The van der Waals surface area contributed by atoms with Crippen molar-refractivity contribution in [2.24, 2.45) is 11.1 Å². The number of nitrogens with zero attached hydrogens (tertiary/aromatic N) is 1. The van der Waals surface area contributed by atoms with E-state index in [1.807, 2.05) is 4.90 Å². The number of carbonyl (C=O) groups excluding carboxylic acids is 1. The van der Waals surface area contributed by atoms with E-state index in [-0.39, 0.29) is 24.9 Å². The van der Waals surface area contributed by atoms with Gasteiger partial charge >= 0.3 is 0 Å². The van der Waals surface area contributed by atoms with Gasteiger partial charge in [0.25, 0.3) is 0 Å². The molecule has 0 aliphatic carbocycles. The minimum absolute atomic E-state index is 0. The molecule has 2 rings (SSSR count). The van der Waals surface area contributed by atoms with Crippen LogP contribution in [-0.2, 0) is 4.79 Å². The Morgan fingerprint density at radius 3 is 2.87 bits per heavy atom. The Hall–Kier alpha value is -0.320. The number of carbonyl (C=O) groups is 1. The van der Waals surface area contributed by atoms with Crippen LogP contribution in [0.1, 0.15) is 19.3 Å². The molecule has 5 heteroatoms. The molecule has 2 aliphatic heterocycles. The molecule has 0 bridgehead atoms. The van der Waals surface area contributed by atoms with Gasteiger partial charge in [0.15, 0.2) is 0 Å². The van der Waals surface area contributed by atoms with Crippen LogP contribution in [0.3, 0.4) is 0 Å². The van der Waals surface area contributed by atoms with E-state index in [4.69, 9.17) is 5.73 Å². The van der Waals surface area contributed by atoms with E-state index in [0.29, 0.717) is 5.41 Å². The number of hydrogen-bond acceptors (Lipinski definition) is 3. The Morgan fingerprint density at radius 1 is 1.47 bits per heavy atom. The smallest absolute Gasteiger partial charge is 0.236 e. The fourth-order valence-corrected chi connectivity index (χ4v) is 2.69. The maximum Gasteiger partial charge on any atom is 0.236 e. The maximum absolute atomic E-state index is 11.5. The molecule has 1 amide bonds. The second-order valence-corrected chi connectivity index (χ2v) is 4.55. The summed E-state index contributed by atoms with van der Waals surface area (Å²) in [5.74, 6) is 0.107. The third kappa shape index (κ3) is 2.62. The van der Waals surface area contributed by atoms with Crippen LogP contribution in [0.5, 0.6) is 0 Å². The highest BCUT2D eigenvalue weighted by Gasteiger charge is 2.38. The first-order chi connectivity index (χ1) is 6.76. The van der Waals surface area contributed by atoms with Gasteiger partial charge in [-0.15, -0.1) is 12.4 Å². The molecular formula is C10H20ClN3O. The largest absolute Gasteiger partial charge is 0.341 e. The molecule has 3 N–H and O–H groups in total. The summed E-state index contributed by atoms with van der Waals surface area (Å²) in [5.41, 5.74) is 5.75. The number of piperidine rings is 1. The summed E-state index contributed by atoms with van der Waals surface area (Å²) in [6.45, 7) is 4.14. The van der Waals surface area contributed by atoms with Crippen LogP contribution in [-0.4, -0.2) is 43.5 Å². The lowest BCUT2D eigenvalue weighted by atomic mass is 9.79. The van der Waals surface area contributed by atoms with Gasteiger partial charge in [0.05, 0.1) is 6.54 Å². The van der Waals surface area contributed by atoms with Crippen molar-refractivity contribution in [2.75, 3.05) is 32.7 Å². The molecule has 0 radical (unpaired) electrons. The lowest BCUT2D eigenvalue weighted by Gasteiger charge is -2.39. The summed E-state index contributed by atoms with van der Waals surface area (Å²) in [4.78, 5) is 13.4. The number of rotatable bonds is 1. The van der Waals surface area contributed by atoms with Crippen LogP contribution in [0, 0.1) is 5.41 Å². The fourth-order valence-electron chi connectivity index (χ4n) is 2.69. The van der Waals surface area contributed by atoms with Gasteiger partial charge in [-0.2, -0.15) is 0 Å². The molecule has 0 saturated carbocycles. The van der Waals surface area contributed by atoms with Gasteiger partial charge in [0.1, 0.15) is 0 Å². The fraction of sp³-hybridized carbons (Fsp3) is 0.900. The zero-order chi connectivity index (χ0) is 10.0. The molecule has 2 fully saturated rings. The summed E-state index contributed by atoms with van der Waals surface area (Å²) in [7, 11) is 0. The highest BCUT2D eigenvalue weighted by Crippen LogP contribution is 2.35.